The van der Waals surface area contributed by atoms with Crippen LogP contribution in [0.5, 0.6) is 0 Å². The van der Waals surface area contributed by atoms with E-state index in [-0.39, 0.29) is 17.7 Å². The average molecular weight is 369 g/mol. The van der Waals surface area contributed by atoms with Crippen LogP contribution in [0.4, 0.5) is 0 Å². The highest BCUT2D eigenvalue weighted by Crippen LogP contribution is 2.25. The number of likely N-dealkylation sites (tertiary alicyclic amines) is 1. The van der Waals surface area contributed by atoms with E-state index in [4.69, 9.17) is 23.2 Å². The maximum atomic E-state index is 12.5. The van der Waals surface area contributed by atoms with E-state index in [1.54, 1.807) is 24.3 Å². The first-order valence-electron chi connectivity index (χ1n) is 8.11. The fraction of sp³-hybridized carbons (Fsp3) is 0.444. The van der Waals surface area contributed by atoms with Gasteiger partial charge in [0.2, 0.25) is 11.8 Å². The number of carbonyl (C=O) groups excluding carboxylic acids is 2. The molecule has 1 aromatic rings. The molecule has 6 heteroatoms. The van der Waals surface area contributed by atoms with Gasteiger partial charge in [-0.15, -0.1) is 0 Å². The number of carbonyl (C=O) groups is 2. The van der Waals surface area contributed by atoms with Gasteiger partial charge in [0, 0.05) is 34.8 Å². The van der Waals surface area contributed by atoms with Crippen LogP contribution >= 0.6 is 23.2 Å². The SMILES string of the molecule is CC(C)[C@H](NC(=O)/C=C/c1c(Cl)cccc1Cl)C(=O)N1CCCC1. The van der Waals surface area contributed by atoms with Crippen molar-refractivity contribution >= 4 is 41.1 Å². The summed E-state index contributed by atoms with van der Waals surface area (Å²) in [5.41, 5.74) is 0.586. The molecule has 0 unspecified atom stereocenters. The maximum Gasteiger partial charge on any atom is 0.245 e. The Morgan fingerprint density at radius 3 is 2.29 bits per heavy atom. The normalized spacial score (nSPS) is 16.0. The van der Waals surface area contributed by atoms with Gasteiger partial charge >= 0.3 is 0 Å². The van der Waals surface area contributed by atoms with Crippen molar-refractivity contribution in [1.29, 1.82) is 0 Å². The van der Waals surface area contributed by atoms with Gasteiger partial charge in [-0.3, -0.25) is 9.59 Å². The topological polar surface area (TPSA) is 49.4 Å². The van der Waals surface area contributed by atoms with Gasteiger partial charge in [0.05, 0.1) is 0 Å². The summed E-state index contributed by atoms with van der Waals surface area (Å²) in [6, 6.07) is 4.63. The second-order valence-corrected chi connectivity index (χ2v) is 7.05. The van der Waals surface area contributed by atoms with Crippen molar-refractivity contribution in [1.82, 2.24) is 10.2 Å². The minimum absolute atomic E-state index is 0.0133. The number of nitrogens with one attached hydrogen (secondary N) is 1. The molecule has 1 N–H and O–H groups in total. The molecule has 0 spiro atoms. The molecule has 1 fully saturated rings. The summed E-state index contributed by atoms with van der Waals surface area (Å²) in [5, 5.41) is 3.74. The third-order valence-electron chi connectivity index (χ3n) is 4.05. The van der Waals surface area contributed by atoms with E-state index < -0.39 is 6.04 Å². The first-order valence-corrected chi connectivity index (χ1v) is 8.87. The van der Waals surface area contributed by atoms with Crippen LogP contribution in [0.3, 0.4) is 0 Å². The number of rotatable bonds is 5. The molecule has 0 aromatic heterocycles. The third kappa shape index (κ3) is 4.74. The summed E-state index contributed by atoms with van der Waals surface area (Å²) in [5.74, 6) is -0.336. The van der Waals surface area contributed by atoms with Crippen LogP contribution in [0.2, 0.25) is 10.0 Å². The average Bonchev–Trinajstić information content (AvgIpc) is 3.05. The number of halogens is 2. The van der Waals surface area contributed by atoms with Crippen LogP contribution in [-0.2, 0) is 9.59 Å². The fourth-order valence-corrected chi connectivity index (χ4v) is 3.20. The highest BCUT2D eigenvalue weighted by atomic mass is 35.5. The minimum atomic E-state index is -0.526. The van der Waals surface area contributed by atoms with Gasteiger partial charge in [0.25, 0.3) is 0 Å². The lowest BCUT2D eigenvalue weighted by Crippen LogP contribution is -2.50. The van der Waals surface area contributed by atoms with Gasteiger partial charge in [0.15, 0.2) is 0 Å². The first kappa shape index (κ1) is 18.8. The quantitative estimate of drug-likeness (QED) is 0.804. The zero-order chi connectivity index (χ0) is 17.7. The predicted octanol–water partition coefficient (Wildman–Crippen LogP) is 3.77. The number of benzene rings is 1. The van der Waals surface area contributed by atoms with Crippen LogP contribution in [0.1, 0.15) is 32.3 Å². The number of nitrogens with zero attached hydrogens (tertiary/aromatic N) is 1. The molecular weight excluding hydrogens is 347 g/mol. The standard InChI is InChI=1S/C18H22Cl2N2O2/c1-12(2)17(18(24)22-10-3-4-11-22)21-16(23)9-8-13-14(19)6-5-7-15(13)20/h5-9,12,17H,3-4,10-11H2,1-2H3,(H,21,23)/b9-8+/t17-/m0/s1. The zero-order valence-electron chi connectivity index (χ0n) is 13.9. The zero-order valence-corrected chi connectivity index (χ0v) is 15.4. The van der Waals surface area contributed by atoms with Gasteiger partial charge in [-0.05, 0) is 37.0 Å². The van der Waals surface area contributed by atoms with E-state index in [1.165, 1.54) is 6.08 Å². The monoisotopic (exact) mass is 368 g/mol. The summed E-state index contributed by atoms with van der Waals surface area (Å²) in [7, 11) is 0. The van der Waals surface area contributed by atoms with Gasteiger partial charge in [-0.2, -0.15) is 0 Å². The lowest BCUT2D eigenvalue weighted by molar-refractivity contribution is -0.135. The maximum absolute atomic E-state index is 12.5. The van der Waals surface area contributed by atoms with Crippen molar-refractivity contribution in [2.24, 2.45) is 5.92 Å². The highest BCUT2D eigenvalue weighted by Gasteiger charge is 2.29. The molecule has 0 aliphatic carbocycles. The van der Waals surface area contributed by atoms with E-state index in [2.05, 4.69) is 5.32 Å². The molecule has 24 heavy (non-hydrogen) atoms. The Hall–Kier alpha value is -1.52. The van der Waals surface area contributed by atoms with Gasteiger partial charge in [-0.25, -0.2) is 0 Å². The smallest absolute Gasteiger partial charge is 0.245 e. The predicted molar refractivity (Wildman–Crippen MR) is 98.1 cm³/mol. The molecular formula is C18H22Cl2N2O2. The van der Waals surface area contributed by atoms with Crippen molar-refractivity contribution in [3.8, 4) is 0 Å². The number of hydrogen-bond acceptors (Lipinski definition) is 2. The molecule has 1 aliphatic heterocycles. The lowest BCUT2D eigenvalue weighted by atomic mass is 10.0. The van der Waals surface area contributed by atoms with E-state index in [0.717, 1.165) is 25.9 Å². The van der Waals surface area contributed by atoms with Crippen LogP contribution < -0.4 is 5.32 Å². The summed E-state index contributed by atoms with van der Waals surface area (Å²) in [4.78, 5) is 26.6. The van der Waals surface area contributed by atoms with Crippen molar-refractivity contribution < 1.29 is 9.59 Å². The molecule has 130 valence electrons. The first-order chi connectivity index (χ1) is 11.4. The van der Waals surface area contributed by atoms with E-state index in [9.17, 15) is 9.59 Å². The summed E-state index contributed by atoms with van der Waals surface area (Å²) in [6.45, 7) is 5.38. The summed E-state index contributed by atoms with van der Waals surface area (Å²) in [6.07, 6.45) is 4.97. The van der Waals surface area contributed by atoms with E-state index >= 15 is 0 Å². The Bertz CT molecular complexity index is 618. The molecule has 1 atom stereocenters. The Balaban J connectivity index is 2.05. The minimum Gasteiger partial charge on any atom is -0.341 e. The molecule has 0 saturated carbocycles. The Morgan fingerprint density at radius 2 is 1.75 bits per heavy atom. The molecule has 1 heterocycles. The Kier molecular flexibility index (Phi) is 6.69. The number of hydrogen-bond donors (Lipinski definition) is 1. The van der Waals surface area contributed by atoms with Gasteiger partial charge in [0.1, 0.15) is 6.04 Å². The molecule has 2 rings (SSSR count). The Labute approximate surface area is 152 Å². The van der Waals surface area contributed by atoms with Crippen molar-refractivity contribution in [2.75, 3.05) is 13.1 Å². The Morgan fingerprint density at radius 1 is 1.17 bits per heavy atom. The fourth-order valence-electron chi connectivity index (χ4n) is 2.68. The second-order valence-electron chi connectivity index (χ2n) is 6.23. The molecule has 2 amide bonds. The van der Waals surface area contributed by atoms with Gasteiger partial charge < -0.3 is 10.2 Å². The van der Waals surface area contributed by atoms with Crippen molar-refractivity contribution in [3.05, 3.63) is 39.9 Å². The third-order valence-corrected chi connectivity index (χ3v) is 4.71. The molecule has 1 aliphatic rings. The molecule has 1 aromatic carbocycles. The van der Waals surface area contributed by atoms with Crippen LogP contribution in [0, 0.1) is 5.92 Å². The largest absolute Gasteiger partial charge is 0.341 e. The highest BCUT2D eigenvalue weighted by molar-refractivity contribution is 6.37. The molecule has 0 bridgehead atoms. The summed E-state index contributed by atoms with van der Waals surface area (Å²) < 4.78 is 0. The van der Waals surface area contributed by atoms with Crippen LogP contribution in [0.15, 0.2) is 24.3 Å². The number of amides is 2. The van der Waals surface area contributed by atoms with E-state index in [1.807, 2.05) is 18.7 Å². The van der Waals surface area contributed by atoms with Crippen LogP contribution in [0.25, 0.3) is 6.08 Å². The summed E-state index contributed by atoms with van der Waals surface area (Å²) >= 11 is 12.2. The molecule has 4 nitrogen and oxygen atoms in total. The van der Waals surface area contributed by atoms with Crippen LogP contribution in [-0.4, -0.2) is 35.8 Å². The van der Waals surface area contributed by atoms with E-state index in [0.29, 0.717) is 15.6 Å². The molecule has 1 saturated heterocycles. The van der Waals surface area contributed by atoms with Gasteiger partial charge in [-0.1, -0.05) is 43.1 Å². The lowest BCUT2D eigenvalue weighted by Gasteiger charge is -2.26. The molecule has 0 radical (unpaired) electrons. The van der Waals surface area contributed by atoms with Crippen molar-refractivity contribution in [3.63, 3.8) is 0 Å². The second kappa shape index (κ2) is 8.54. The van der Waals surface area contributed by atoms with Crippen molar-refractivity contribution in [2.45, 2.75) is 32.7 Å².